The summed E-state index contributed by atoms with van der Waals surface area (Å²) in [6, 6.07) is -0.750. The molecule has 0 saturated heterocycles. The number of unbranched alkanes of at least 4 members (excludes halogenated alkanes) is 4. The number of halogens is 3. The Labute approximate surface area is 140 Å². The van der Waals surface area contributed by atoms with Crippen molar-refractivity contribution in [2.24, 2.45) is 0 Å². The van der Waals surface area contributed by atoms with Crippen LogP contribution in [0, 0.1) is 0 Å². The second kappa shape index (κ2) is 11.2. The Morgan fingerprint density at radius 1 is 1.14 bits per heavy atom. The van der Waals surface area contributed by atoms with Crippen molar-refractivity contribution in [2.45, 2.75) is 55.3 Å². The number of hydrogen-bond acceptors (Lipinski definition) is 4. The average molecular weight is 363 g/mol. The lowest BCUT2D eigenvalue weighted by atomic mass is 10.1. The largest absolute Gasteiger partial charge is 0.467 e. The minimum absolute atomic E-state index is 0.395. The summed E-state index contributed by atoms with van der Waals surface area (Å²) < 4.78 is 7.69. The number of ether oxygens (including phenoxy) is 2. The van der Waals surface area contributed by atoms with Gasteiger partial charge in [-0.15, -0.1) is 0 Å². The molecule has 0 bridgehead atoms. The van der Waals surface area contributed by atoms with Crippen molar-refractivity contribution < 1.29 is 19.1 Å². The fourth-order valence-corrected chi connectivity index (χ4v) is 1.84. The average Bonchev–Trinajstić information content (AvgIpc) is 2.42. The van der Waals surface area contributed by atoms with Crippen LogP contribution in [-0.4, -0.2) is 35.6 Å². The fourth-order valence-electron chi connectivity index (χ4n) is 1.67. The van der Waals surface area contributed by atoms with Crippen LogP contribution in [0.25, 0.3) is 0 Å². The molecule has 1 amide bonds. The van der Waals surface area contributed by atoms with E-state index >= 15 is 0 Å². The molecular formula is C13H22Cl3NO4. The van der Waals surface area contributed by atoms with Gasteiger partial charge in [0.05, 0.1) is 7.11 Å². The van der Waals surface area contributed by atoms with Crippen LogP contribution in [0.2, 0.25) is 0 Å². The van der Waals surface area contributed by atoms with Crippen LogP contribution in [0.3, 0.4) is 0 Å². The van der Waals surface area contributed by atoms with E-state index in [1.54, 1.807) is 0 Å². The molecule has 1 atom stereocenters. The van der Waals surface area contributed by atoms with Crippen LogP contribution in [0.15, 0.2) is 0 Å². The molecule has 0 aromatic rings. The van der Waals surface area contributed by atoms with E-state index in [0.717, 1.165) is 32.1 Å². The Hall–Kier alpha value is -0.390. The molecule has 124 valence electrons. The maximum Gasteiger partial charge on any atom is 0.407 e. The standard InChI is InChI=1S/C13H22Cl3NO4/c1-3-4-5-6-7-8-10(11(18)20-2)17-12(19)21-9-13(14,15)16/h10H,3-9H2,1-2H3,(H,17,19). The van der Waals surface area contributed by atoms with Crippen LogP contribution in [0.1, 0.15) is 45.4 Å². The lowest BCUT2D eigenvalue weighted by molar-refractivity contribution is -0.143. The lowest BCUT2D eigenvalue weighted by Gasteiger charge is -2.17. The Morgan fingerprint density at radius 2 is 1.76 bits per heavy atom. The molecule has 0 aliphatic rings. The van der Waals surface area contributed by atoms with Gasteiger partial charge in [0.1, 0.15) is 12.6 Å². The van der Waals surface area contributed by atoms with E-state index < -0.39 is 28.5 Å². The van der Waals surface area contributed by atoms with Gasteiger partial charge in [-0.1, -0.05) is 73.8 Å². The molecule has 0 aliphatic carbocycles. The fraction of sp³-hybridized carbons (Fsp3) is 0.846. The Kier molecular flexibility index (Phi) is 11.0. The Bertz CT molecular complexity index is 321. The van der Waals surface area contributed by atoms with Gasteiger partial charge < -0.3 is 14.8 Å². The number of rotatable bonds is 9. The molecule has 0 fully saturated rings. The molecule has 1 unspecified atom stereocenters. The number of nitrogens with one attached hydrogen (secondary N) is 1. The maximum absolute atomic E-state index is 11.6. The van der Waals surface area contributed by atoms with E-state index in [2.05, 4.69) is 17.0 Å². The van der Waals surface area contributed by atoms with E-state index in [4.69, 9.17) is 39.5 Å². The monoisotopic (exact) mass is 361 g/mol. The molecule has 0 radical (unpaired) electrons. The summed E-state index contributed by atoms with van der Waals surface area (Å²) in [6.07, 6.45) is 4.87. The summed E-state index contributed by atoms with van der Waals surface area (Å²) in [5, 5.41) is 2.42. The van der Waals surface area contributed by atoms with E-state index in [0.29, 0.717) is 6.42 Å². The summed E-state index contributed by atoms with van der Waals surface area (Å²) in [7, 11) is 1.26. The van der Waals surface area contributed by atoms with E-state index in [1.165, 1.54) is 7.11 Å². The number of hydrogen-bond donors (Lipinski definition) is 1. The van der Waals surface area contributed by atoms with Gasteiger partial charge >= 0.3 is 12.1 Å². The lowest BCUT2D eigenvalue weighted by Crippen LogP contribution is -2.42. The minimum Gasteiger partial charge on any atom is -0.467 e. The zero-order valence-corrected chi connectivity index (χ0v) is 14.6. The van der Waals surface area contributed by atoms with E-state index in [9.17, 15) is 9.59 Å². The first-order valence-corrected chi connectivity index (χ1v) is 8.01. The van der Waals surface area contributed by atoms with Gasteiger partial charge in [-0.3, -0.25) is 0 Å². The van der Waals surface area contributed by atoms with Crippen LogP contribution >= 0.6 is 34.8 Å². The van der Waals surface area contributed by atoms with Gasteiger partial charge in [-0.25, -0.2) is 9.59 Å². The number of esters is 1. The SMILES string of the molecule is CCCCCCCC(NC(=O)OCC(Cl)(Cl)Cl)C(=O)OC. The van der Waals surface area contributed by atoms with Gasteiger partial charge in [-0.2, -0.15) is 0 Å². The number of alkyl carbamates (subject to hydrolysis) is 1. The van der Waals surface area contributed by atoms with Crippen LogP contribution in [-0.2, 0) is 14.3 Å². The molecule has 0 rings (SSSR count). The smallest absolute Gasteiger partial charge is 0.407 e. The molecule has 1 N–H and O–H groups in total. The van der Waals surface area contributed by atoms with Gasteiger partial charge in [0.25, 0.3) is 0 Å². The topological polar surface area (TPSA) is 64.6 Å². The van der Waals surface area contributed by atoms with Crippen molar-refractivity contribution in [2.75, 3.05) is 13.7 Å². The summed E-state index contributed by atoms with van der Waals surface area (Å²) in [6.45, 7) is 1.73. The highest BCUT2D eigenvalue weighted by atomic mass is 35.6. The third kappa shape index (κ3) is 11.9. The van der Waals surface area contributed by atoms with Gasteiger partial charge in [0.15, 0.2) is 0 Å². The summed E-state index contributed by atoms with van der Waals surface area (Å²) in [4.78, 5) is 23.1. The number of amides is 1. The van der Waals surface area contributed by atoms with E-state index in [1.807, 2.05) is 0 Å². The van der Waals surface area contributed by atoms with Crippen LogP contribution < -0.4 is 5.32 Å². The molecule has 5 nitrogen and oxygen atoms in total. The molecule has 8 heteroatoms. The number of carbonyl (C=O) groups excluding carboxylic acids is 2. The molecule has 21 heavy (non-hydrogen) atoms. The summed E-state index contributed by atoms with van der Waals surface area (Å²) in [5.74, 6) is -0.517. The highest BCUT2D eigenvalue weighted by molar-refractivity contribution is 6.67. The van der Waals surface area contributed by atoms with Crippen molar-refractivity contribution >= 4 is 46.9 Å². The molecule has 0 aliphatic heterocycles. The van der Waals surface area contributed by atoms with Crippen molar-refractivity contribution in [1.82, 2.24) is 5.32 Å². The third-order valence-corrected chi connectivity index (χ3v) is 3.07. The van der Waals surface area contributed by atoms with Crippen molar-refractivity contribution in [3.05, 3.63) is 0 Å². The first-order chi connectivity index (χ1) is 9.80. The van der Waals surface area contributed by atoms with Crippen molar-refractivity contribution in [1.29, 1.82) is 0 Å². The normalized spacial score (nSPS) is 12.6. The highest BCUT2D eigenvalue weighted by Gasteiger charge is 2.25. The zero-order chi connectivity index (χ0) is 16.3. The first-order valence-electron chi connectivity index (χ1n) is 6.88. The molecule has 0 saturated carbocycles. The second-order valence-corrected chi connectivity index (χ2v) is 7.13. The molecular weight excluding hydrogens is 341 g/mol. The molecule has 0 heterocycles. The Balaban J connectivity index is 4.17. The van der Waals surface area contributed by atoms with Crippen LogP contribution in [0.5, 0.6) is 0 Å². The first kappa shape index (κ1) is 20.6. The van der Waals surface area contributed by atoms with Crippen molar-refractivity contribution in [3.8, 4) is 0 Å². The summed E-state index contributed by atoms with van der Waals surface area (Å²) >= 11 is 16.4. The summed E-state index contributed by atoms with van der Waals surface area (Å²) in [5.41, 5.74) is 0. The van der Waals surface area contributed by atoms with Crippen LogP contribution in [0.4, 0.5) is 4.79 Å². The van der Waals surface area contributed by atoms with Gasteiger partial charge in [0, 0.05) is 0 Å². The van der Waals surface area contributed by atoms with Crippen molar-refractivity contribution in [3.63, 3.8) is 0 Å². The predicted octanol–water partition coefficient (Wildman–Crippen LogP) is 3.98. The predicted molar refractivity (Wildman–Crippen MR) is 84.0 cm³/mol. The third-order valence-electron chi connectivity index (χ3n) is 2.74. The molecule has 0 spiro atoms. The minimum atomic E-state index is -1.68. The van der Waals surface area contributed by atoms with Gasteiger partial charge in [-0.05, 0) is 6.42 Å². The molecule has 0 aromatic heterocycles. The van der Waals surface area contributed by atoms with E-state index in [-0.39, 0.29) is 0 Å². The number of carbonyl (C=O) groups is 2. The number of methoxy groups -OCH3 is 1. The quantitative estimate of drug-likeness (QED) is 0.383. The molecule has 0 aromatic carbocycles. The van der Waals surface area contributed by atoms with Gasteiger partial charge in [0.2, 0.25) is 3.79 Å². The second-order valence-electron chi connectivity index (χ2n) is 4.61. The highest BCUT2D eigenvalue weighted by Crippen LogP contribution is 2.25. The maximum atomic E-state index is 11.6. The number of alkyl halides is 3. The Morgan fingerprint density at radius 3 is 2.29 bits per heavy atom. The zero-order valence-electron chi connectivity index (χ0n) is 12.3.